The van der Waals surface area contributed by atoms with E-state index in [1.807, 2.05) is 0 Å². The second-order valence-electron chi connectivity index (χ2n) is 4.40. The normalized spacial score (nSPS) is 14.2. The van der Waals surface area contributed by atoms with Gasteiger partial charge in [-0.25, -0.2) is 19.2 Å². The Kier molecular flexibility index (Phi) is 2.84. The first-order valence-electron chi connectivity index (χ1n) is 5.89. The van der Waals surface area contributed by atoms with Gasteiger partial charge in [0.25, 0.3) is 5.78 Å². The molecule has 9 heteroatoms. The number of anilines is 1. The molecule has 1 aliphatic rings. The second kappa shape index (κ2) is 4.56. The summed E-state index contributed by atoms with van der Waals surface area (Å²) in [6.45, 7) is 0. The molecule has 0 unspecified atom stereocenters. The summed E-state index contributed by atoms with van der Waals surface area (Å²) in [4.78, 5) is 29.1. The first-order chi connectivity index (χ1) is 9.99. The quantitative estimate of drug-likeness (QED) is 0.562. The Morgan fingerprint density at radius 3 is 2.76 bits per heavy atom. The first kappa shape index (κ1) is 13.1. The van der Waals surface area contributed by atoms with Crippen molar-refractivity contribution < 1.29 is 19.1 Å². The van der Waals surface area contributed by atoms with Crippen molar-refractivity contribution in [2.75, 3.05) is 12.1 Å². The van der Waals surface area contributed by atoms with E-state index in [9.17, 15) is 14.0 Å². The van der Waals surface area contributed by atoms with Crippen LogP contribution in [0.25, 0.3) is 10.9 Å². The Labute approximate surface area is 117 Å². The molecule has 0 fully saturated rings. The lowest BCUT2D eigenvalue weighted by atomic mass is 10.1. The van der Waals surface area contributed by atoms with Crippen molar-refractivity contribution in [3.8, 4) is 0 Å². The first-order valence-corrected chi connectivity index (χ1v) is 5.89. The number of ketones is 1. The number of carboxylic acid groups (broad SMARTS) is 1. The van der Waals surface area contributed by atoms with E-state index >= 15 is 0 Å². The molecule has 0 radical (unpaired) electrons. The number of hydrazine groups is 2. The standard InChI is InChI=1S/C12H10FN5O3/c1-17-2-3-18(16-17)11-9-8(7(13)5-15-11)6(4-14-9)10(19)12(20)21/h2-5,14,16H,1H3,(H,20,21). The molecule has 0 saturated heterocycles. The Hall–Kier alpha value is -2.94. The molecule has 2 aromatic rings. The largest absolute Gasteiger partial charge is 0.475 e. The number of fused-ring (bicyclic) bond motifs is 1. The van der Waals surface area contributed by atoms with E-state index in [4.69, 9.17) is 5.11 Å². The Morgan fingerprint density at radius 2 is 2.14 bits per heavy atom. The zero-order valence-corrected chi connectivity index (χ0v) is 10.8. The van der Waals surface area contributed by atoms with Crippen LogP contribution in [0.4, 0.5) is 10.2 Å². The molecule has 8 nitrogen and oxygen atoms in total. The fourth-order valence-electron chi connectivity index (χ4n) is 2.09. The topological polar surface area (TPSA) is 102 Å². The molecular formula is C12H10FN5O3. The zero-order valence-electron chi connectivity index (χ0n) is 10.8. The van der Waals surface area contributed by atoms with E-state index in [1.165, 1.54) is 11.2 Å². The number of rotatable bonds is 3. The third kappa shape index (κ3) is 1.99. The summed E-state index contributed by atoms with van der Waals surface area (Å²) < 4.78 is 14.0. The molecule has 2 aromatic heterocycles. The van der Waals surface area contributed by atoms with Crippen LogP contribution < -0.4 is 10.5 Å². The molecule has 21 heavy (non-hydrogen) atoms. The number of nitrogens with one attached hydrogen (secondary N) is 2. The van der Waals surface area contributed by atoms with Gasteiger partial charge in [-0.3, -0.25) is 9.80 Å². The molecule has 0 aliphatic carbocycles. The Morgan fingerprint density at radius 1 is 1.38 bits per heavy atom. The maximum Gasteiger partial charge on any atom is 0.377 e. The van der Waals surface area contributed by atoms with Crippen molar-refractivity contribution in [3.63, 3.8) is 0 Å². The van der Waals surface area contributed by atoms with Gasteiger partial charge in [0.2, 0.25) is 0 Å². The molecule has 3 N–H and O–H groups in total. The summed E-state index contributed by atoms with van der Waals surface area (Å²) >= 11 is 0. The van der Waals surface area contributed by atoms with Crippen molar-refractivity contribution in [1.29, 1.82) is 0 Å². The predicted octanol–water partition coefficient (Wildman–Crippen LogP) is 0.612. The van der Waals surface area contributed by atoms with Crippen LogP contribution in [0.2, 0.25) is 0 Å². The third-order valence-corrected chi connectivity index (χ3v) is 3.01. The van der Waals surface area contributed by atoms with Gasteiger partial charge in [0.05, 0.1) is 22.7 Å². The number of Topliss-reactive ketones (excluding diaryl/α,β-unsaturated/α-hetero) is 1. The van der Waals surface area contributed by atoms with Gasteiger partial charge >= 0.3 is 5.97 Å². The molecule has 0 aromatic carbocycles. The fraction of sp³-hybridized carbons (Fsp3) is 0.0833. The van der Waals surface area contributed by atoms with Crippen molar-refractivity contribution in [1.82, 2.24) is 20.5 Å². The summed E-state index contributed by atoms with van der Waals surface area (Å²) in [5, 5.41) is 11.8. The number of aromatic amines is 1. The molecular weight excluding hydrogens is 281 g/mol. The number of hydrogen-bond donors (Lipinski definition) is 3. The number of carbonyl (C=O) groups excluding carboxylic acids is 1. The van der Waals surface area contributed by atoms with Gasteiger partial charge in [0.15, 0.2) is 11.6 Å². The lowest BCUT2D eigenvalue weighted by molar-refractivity contribution is -0.131. The number of aromatic nitrogens is 2. The molecule has 1 aliphatic heterocycles. The maximum atomic E-state index is 14.0. The van der Waals surface area contributed by atoms with E-state index in [2.05, 4.69) is 15.5 Å². The van der Waals surface area contributed by atoms with Crippen molar-refractivity contribution >= 4 is 28.5 Å². The van der Waals surface area contributed by atoms with Crippen molar-refractivity contribution in [3.05, 3.63) is 36.2 Å². The van der Waals surface area contributed by atoms with Gasteiger partial charge in [-0.05, 0) is 0 Å². The maximum absolute atomic E-state index is 14.0. The zero-order chi connectivity index (χ0) is 15.1. The van der Waals surface area contributed by atoms with E-state index in [-0.39, 0.29) is 16.5 Å². The van der Waals surface area contributed by atoms with Crippen LogP contribution in [0.3, 0.4) is 0 Å². The lowest BCUT2D eigenvalue weighted by Gasteiger charge is -2.18. The van der Waals surface area contributed by atoms with Crippen LogP contribution in [0.15, 0.2) is 24.8 Å². The van der Waals surface area contributed by atoms with Gasteiger partial charge in [0, 0.05) is 25.6 Å². The number of pyridine rings is 1. The number of halogens is 1. The van der Waals surface area contributed by atoms with E-state index in [0.717, 1.165) is 6.20 Å². The Balaban J connectivity index is 2.18. The van der Waals surface area contributed by atoms with Gasteiger partial charge in [-0.2, -0.15) is 0 Å². The van der Waals surface area contributed by atoms with Gasteiger partial charge < -0.3 is 10.1 Å². The lowest BCUT2D eigenvalue weighted by Crippen LogP contribution is -2.37. The van der Waals surface area contributed by atoms with Crippen LogP contribution in [0, 0.1) is 5.82 Å². The number of H-pyrrole nitrogens is 1. The second-order valence-corrected chi connectivity index (χ2v) is 4.40. The van der Waals surface area contributed by atoms with Crippen LogP contribution in [-0.4, -0.2) is 38.9 Å². The van der Waals surface area contributed by atoms with Crippen LogP contribution in [0.1, 0.15) is 10.4 Å². The van der Waals surface area contributed by atoms with Crippen LogP contribution >= 0.6 is 0 Å². The highest BCUT2D eigenvalue weighted by molar-refractivity contribution is 6.42. The molecule has 0 spiro atoms. The highest BCUT2D eigenvalue weighted by Crippen LogP contribution is 2.29. The molecule has 108 valence electrons. The van der Waals surface area contributed by atoms with Gasteiger partial charge in [0.1, 0.15) is 0 Å². The monoisotopic (exact) mass is 291 g/mol. The average Bonchev–Trinajstić information content (AvgIpc) is 3.05. The number of aliphatic carboxylic acids is 1. The molecule has 0 amide bonds. The van der Waals surface area contributed by atoms with Gasteiger partial charge in [-0.15, -0.1) is 5.53 Å². The van der Waals surface area contributed by atoms with E-state index in [0.29, 0.717) is 5.82 Å². The SMILES string of the molecule is CN1C=CN(c2ncc(F)c3c(C(=O)C(=O)O)c[nH]c23)N1. The fourth-order valence-corrected chi connectivity index (χ4v) is 2.09. The summed E-state index contributed by atoms with van der Waals surface area (Å²) in [6, 6.07) is 0. The highest BCUT2D eigenvalue weighted by Gasteiger charge is 2.25. The van der Waals surface area contributed by atoms with Crippen molar-refractivity contribution in [2.45, 2.75) is 0 Å². The predicted molar refractivity (Wildman–Crippen MR) is 70.5 cm³/mol. The smallest absolute Gasteiger partial charge is 0.377 e. The van der Waals surface area contributed by atoms with Crippen LogP contribution in [0.5, 0.6) is 0 Å². The highest BCUT2D eigenvalue weighted by atomic mass is 19.1. The van der Waals surface area contributed by atoms with E-state index in [1.54, 1.807) is 24.5 Å². The Bertz CT molecular complexity index is 785. The molecule has 0 bridgehead atoms. The number of nitrogens with zero attached hydrogens (tertiary/aromatic N) is 3. The summed E-state index contributed by atoms with van der Waals surface area (Å²) in [7, 11) is 1.76. The van der Waals surface area contributed by atoms with E-state index < -0.39 is 17.6 Å². The minimum atomic E-state index is -1.65. The number of carbonyl (C=O) groups is 2. The molecule has 0 saturated carbocycles. The van der Waals surface area contributed by atoms with Crippen LogP contribution in [-0.2, 0) is 4.79 Å². The minimum Gasteiger partial charge on any atom is -0.475 e. The minimum absolute atomic E-state index is 0.0999. The summed E-state index contributed by atoms with van der Waals surface area (Å²) in [6.07, 6.45) is 5.47. The number of hydrogen-bond acceptors (Lipinski definition) is 6. The average molecular weight is 291 g/mol. The molecule has 3 rings (SSSR count). The number of carboxylic acids is 1. The molecule has 0 atom stereocenters. The summed E-state index contributed by atoms with van der Waals surface area (Å²) in [5.74, 6) is -3.28. The van der Waals surface area contributed by atoms with Crippen molar-refractivity contribution in [2.24, 2.45) is 0 Å². The van der Waals surface area contributed by atoms with Gasteiger partial charge in [-0.1, -0.05) is 0 Å². The summed E-state index contributed by atoms with van der Waals surface area (Å²) in [5.41, 5.74) is 2.88. The third-order valence-electron chi connectivity index (χ3n) is 3.01. The molecule has 3 heterocycles.